The Bertz CT molecular complexity index is 751. The average Bonchev–Trinajstić information content (AvgIpc) is 2.69. The van der Waals surface area contributed by atoms with Crippen LogP contribution in [-0.2, 0) is 4.74 Å². The first-order valence-corrected chi connectivity index (χ1v) is 13.2. The second kappa shape index (κ2) is 7.27. The molecule has 0 aliphatic rings. The summed E-state index contributed by atoms with van der Waals surface area (Å²) in [5.74, 6) is 0. The number of benzene rings is 3. The van der Waals surface area contributed by atoms with Gasteiger partial charge in [-0.2, -0.15) is 0 Å². The van der Waals surface area contributed by atoms with E-state index in [0.717, 1.165) is 15.9 Å². The van der Waals surface area contributed by atoms with Gasteiger partial charge in [0.1, 0.15) is 0 Å². The Labute approximate surface area is 161 Å². The molecule has 0 saturated carbocycles. The molecule has 0 bridgehead atoms. The number of hydrogen-bond acceptors (Lipinski definition) is 2. The van der Waals surface area contributed by atoms with Crippen LogP contribution in [0, 0.1) is 0 Å². The van der Waals surface area contributed by atoms with Crippen molar-refractivity contribution < 1.29 is 9.53 Å². The zero-order valence-corrected chi connectivity index (χ0v) is 17.1. The summed E-state index contributed by atoms with van der Waals surface area (Å²) in [5, 5.41) is 3.01. The zero-order valence-electron chi connectivity index (χ0n) is 14.0. The van der Waals surface area contributed by atoms with E-state index in [1.165, 1.54) is 0 Å². The van der Waals surface area contributed by atoms with E-state index < -0.39 is 4.25 Å². The van der Waals surface area contributed by atoms with E-state index >= 15 is 0 Å². The monoisotopic (exact) mass is 462 g/mol. The van der Waals surface area contributed by atoms with Gasteiger partial charge in [-0.1, -0.05) is 0 Å². The molecule has 0 aliphatic heterocycles. The summed E-state index contributed by atoms with van der Waals surface area (Å²) in [6.45, 7) is 2.21. The normalized spacial score (nSPS) is 12.8. The second-order valence-electron chi connectivity index (χ2n) is 5.71. The molecular formula is C21H20IO2P. The van der Waals surface area contributed by atoms with E-state index in [1.54, 1.807) is 0 Å². The molecule has 4 heteroatoms. The Morgan fingerprint density at radius 2 is 1.08 bits per heavy atom. The van der Waals surface area contributed by atoms with Gasteiger partial charge in [0.25, 0.3) is 0 Å². The van der Waals surface area contributed by atoms with E-state index in [9.17, 15) is 4.79 Å². The van der Waals surface area contributed by atoms with Crippen LogP contribution in [-0.4, -0.2) is 12.3 Å². The number of carbonyl (C=O) groups excluding carboxylic acids is 1. The van der Waals surface area contributed by atoms with Crippen LogP contribution < -0.4 is 15.9 Å². The van der Waals surface area contributed by atoms with Crippen LogP contribution in [0.3, 0.4) is 0 Å². The molecule has 0 N–H and O–H groups in total. The number of hydrogen-bond donors (Lipinski definition) is 0. The Hall–Kier alpha value is -1.71. The molecule has 0 amide bonds. The maximum absolute atomic E-state index is 13.6. The molecule has 0 fully saturated rings. The molecule has 0 radical (unpaired) electrons. The van der Waals surface area contributed by atoms with Crippen molar-refractivity contribution in [1.29, 1.82) is 0 Å². The fourth-order valence-corrected chi connectivity index (χ4v) is 10.5. The van der Waals surface area contributed by atoms with Gasteiger partial charge in [0.2, 0.25) is 0 Å². The predicted molar refractivity (Wildman–Crippen MR) is 116 cm³/mol. The van der Waals surface area contributed by atoms with Gasteiger partial charge in [-0.3, -0.25) is 0 Å². The topological polar surface area (TPSA) is 26.3 Å². The molecule has 0 aliphatic carbocycles. The SMILES string of the molecule is CCOC(=O)P(I)(c1ccccc1)(c1ccccc1)c1ccccc1. The van der Waals surface area contributed by atoms with Gasteiger partial charge < -0.3 is 0 Å². The average molecular weight is 462 g/mol. The summed E-state index contributed by atoms with van der Waals surface area (Å²) in [4.78, 5) is 13.6. The van der Waals surface area contributed by atoms with Crippen LogP contribution >= 0.6 is 26.3 Å². The number of halogens is 1. The molecular weight excluding hydrogens is 442 g/mol. The maximum atomic E-state index is 13.6. The van der Waals surface area contributed by atoms with Gasteiger partial charge in [0.15, 0.2) is 0 Å². The quantitative estimate of drug-likeness (QED) is 0.393. The van der Waals surface area contributed by atoms with E-state index in [1.807, 2.05) is 97.9 Å². The van der Waals surface area contributed by atoms with Crippen LogP contribution in [0.4, 0.5) is 4.79 Å². The number of carbonyl (C=O) groups is 1. The van der Waals surface area contributed by atoms with Crippen molar-refractivity contribution >= 4 is 47.9 Å². The standard InChI is InChI=1S/C21H20IO2P/c1-2-24-21(23)25(22,18-12-6-3-7-13-18,19-14-8-4-9-15-19)20-16-10-5-11-17-20/h3-17H,2H2,1H3. The van der Waals surface area contributed by atoms with Crippen molar-refractivity contribution in [1.82, 2.24) is 0 Å². The Morgan fingerprint density at radius 3 is 1.36 bits per heavy atom. The second-order valence-corrected chi connectivity index (χ2v) is 15.4. The molecule has 0 unspecified atom stereocenters. The minimum absolute atomic E-state index is 0.155. The van der Waals surface area contributed by atoms with Gasteiger partial charge in [-0.25, -0.2) is 0 Å². The fourth-order valence-electron chi connectivity index (χ4n) is 3.13. The third-order valence-corrected chi connectivity index (χ3v) is 15.1. The van der Waals surface area contributed by atoms with Crippen molar-refractivity contribution in [2.75, 3.05) is 6.61 Å². The van der Waals surface area contributed by atoms with Crippen molar-refractivity contribution in [3.05, 3.63) is 91.0 Å². The summed E-state index contributed by atoms with van der Waals surface area (Å²) in [6, 6.07) is 30.1. The molecule has 3 rings (SSSR count). The van der Waals surface area contributed by atoms with E-state index in [0.29, 0.717) is 6.61 Å². The van der Waals surface area contributed by atoms with Crippen LogP contribution in [0.5, 0.6) is 0 Å². The molecule has 25 heavy (non-hydrogen) atoms. The van der Waals surface area contributed by atoms with Crippen molar-refractivity contribution in [2.24, 2.45) is 0 Å². The third-order valence-electron chi connectivity index (χ3n) is 4.33. The predicted octanol–water partition coefficient (Wildman–Crippen LogP) is 5.02. The third kappa shape index (κ3) is 2.80. The Balaban J connectivity index is 2.47. The Kier molecular flexibility index (Phi) is 5.26. The van der Waals surface area contributed by atoms with Gasteiger partial charge in [0.05, 0.1) is 0 Å². The van der Waals surface area contributed by atoms with Gasteiger partial charge >= 0.3 is 162 Å². The molecule has 0 atom stereocenters. The van der Waals surface area contributed by atoms with E-state index in [4.69, 9.17) is 4.74 Å². The van der Waals surface area contributed by atoms with Crippen molar-refractivity contribution in [3.63, 3.8) is 0 Å². The Morgan fingerprint density at radius 1 is 0.760 bits per heavy atom. The van der Waals surface area contributed by atoms with Crippen LogP contribution in [0.25, 0.3) is 0 Å². The van der Waals surface area contributed by atoms with Gasteiger partial charge in [-0.05, 0) is 0 Å². The molecule has 0 aromatic heterocycles. The molecule has 0 saturated heterocycles. The first-order valence-electron chi connectivity index (χ1n) is 8.20. The summed E-state index contributed by atoms with van der Waals surface area (Å²) in [7, 11) is 0. The summed E-state index contributed by atoms with van der Waals surface area (Å²) < 4.78 is 2.23. The zero-order chi connectivity index (χ0) is 17.8. The first kappa shape index (κ1) is 18.1. The minimum atomic E-state index is -3.45. The van der Waals surface area contributed by atoms with E-state index in [2.05, 4.69) is 22.0 Å². The molecule has 3 aromatic rings. The van der Waals surface area contributed by atoms with Crippen LogP contribution in [0.1, 0.15) is 6.92 Å². The molecule has 2 nitrogen and oxygen atoms in total. The van der Waals surface area contributed by atoms with E-state index in [-0.39, 0.29) is 5.71 Å². The van der Waals surface area contributed by atoms with Crippen LogP contribution in [0.2, 0.25) is 0 Å². The number of ether oxygens (including phenoxy) is 1. The van der Waals surface area contributed by atoms with Crippen molar-refractivity contribution in [3.8, 4) is 0 Å². The van der Waals surface area contributed by atoms with Gasteiger partial charge in [0, 0.05) is 0 Å². The van der Waals surface area contributed by atoms with Crippen molar-refractivity contribution in [2.45, 2.75) is 6.92 Å². The molecule has 128 valence electrons. The number of rotatable bonds is 5. The summed E-state index contributed by atoms with van der Waals surface area (Å²) in [6.07, 6.45) is 0. The summed E-state index contributed by atoms with van der Waals surface area (Å²) >= 11 is 2.41. The van der Waals surface area contributed by atoms with Gasteiger partial charge in [-0.15, -0.1) is 0 Å². The fraction of sp³-hybridized carbons (Fsp3) is 0.0952. The summed E-state index contributed by atoms with van der Waals surface area (Å²) in [5.41, 5.74) is -0.155. The molecule has 0 heterocycles. The molecule has 0 spiro atoms. The molecule has 3 aromatic carbocycles. The first-order chi connectivity index (χ1) is 12.1. The van der Waals surface area contributed by atoms with Crippen LogP contribution in [0.15, 0.2) is 91.0 Å².